The molecule has 2 bridgehead atoms. The van der Waals surface area contributed by atoms with Crippen molar-refractivity contribution in [2.45, 2.75) is 45.6 Å². The summed E-state index contributed by atoms with van der Waals surface area (Å²) in [5.41, 5.74) is 1.67. The second kappa shape index (κ2) is 3.35. The van der Waals surface area contributed by atoms with Gasteiger partial charge in [0.05, 0.1) is 6.10 Å². The van der Waals surface area contributed by atoms with Gasteiger partial charge in [-0.15, -0.1) is 0 Å². The summed E-state index contributed by atoms with van der Waals surface area (Å²) in [5, 5.41) is 10.7. The summed E-state index contributed by atoms with van der Waals surface area (Å²) in [6.45, 7) is 6.97. The fourth-order valence-corrected chi connectivity index (χ4v) is 4.43. The Morgan fingerprint density at radius 3 is 2.29 bits per heavy atom. The maximum atomic E-state index is 10.7. The molecule has 3 rings (SSSR count). The summed E-state index contributed by atoms with van der Waals surface area (Å²) in [5.74, 6) is 0.967. The topological polar surface area (TPSA) is 20.2 Å². The van der Waals surface area contributed by atoms with Crippen molar-refractivity contribution in [2.24, 2.45) is 16.7 Å². The minimum absolute atomic E-state index is 0.0954. The summed E-state index contributed by atoms with van der Waals surface area (Å²) in [7, 11) is 0. The zero-order valence-electron chi connectivity index (χ0n) is 11.0. The highest BCUT2D eigenvalue weighted by Crippen LogP contribution is 2.69. The number of aliphatic hydroxyl groups is 1. The second-order valence-electron chi connectivity index (χ2n) is 6.67. The molecule has 17 heavy (non-hydrogen) atoms. The average Bonchev–Trinajstić information content (AvgIpc) is 2.62. The highest BCUT2D eigenvalue weighted by atomic mass is 16.3. The van der Waals surface area contributed by atoms with E-state index in [0.29, 0.717) is 11.8 Å². The predicted octanol–water partition coefficient (Wildman–Crippen LogP) is 3.59. The van der Waals surface area contributed by atoms with Crippen LogP contribution < -0.4 is 0 Å². The molecular formula is C16H22O. The largest absolute Gasteiger partial charge is 0.392 e. The summed E-state index contributed by atoms with van der Waals surface area (Å²) >= 11 is 0. The van der Waals surface area contributed by atoms with Crippen molar-refractivity contribution < 1.29 is 5.11 Å². The monoisotopic (exact) mass is 230 g/mol. The van der Waals surface area contributed by atoms with E-state index < -0.39 is 0 Å². The first-order valence-corrected chi connectivity index (χ1v) is 6.71. The Kier molecular flexibility index (Phi) is 2.22. The molecule has 1 unspecified atom stereocenters. The molecular weight excluding hydrogens is 208 g/mol. The molecule has 1 aromatic carbocycles. The lowest BCUT2D eigenvalue weighted by molar-refractivity contribution is 0.00466. The Bertz CT molecular complexity index is 422. The normalized spacial score (nSPS) is 42.9. The number of benzene rings is 1. The van der Waals surface area contributed by atoms with Crippen LogP contribution in [0.1, 0.15) is 45.1 Å². The first kappa shape index (κ1) is 11.3. The molecule has 0 spiro atoms. The minimum Gasteiger partial charge on any atom is -0.392 e. The van der Waals surface area contributed by atoms with Gasteiger partial charge in [-0.1, -0.05) is 51.1 Å². The first-order chi connectivity index (χ1) is 7.98. The van der Waals surface area contributed by atoms with Crippen molar-refractivity contribution in [1.82, 2.24) is 0 Å². The van der Waals surface area contributed by atoms with E-state index >= 15 is 0 Å². The van der Waals surface area contributed by atoms with Gasteiger partial charge in [0.2, 0.25) is 0 Å². The summed E-state index contributed by atoms with van der Waals surface area (Å²) in [6.07, 6.45) is 2.26. The molecule has 2 saturated carbocycles. The third kappa shape index (κ3) is 1.24. The Hall–Kier alpha value is -0.820. The fraction of sp³-hybridized carbons (Fsp3) is 0.625. The number of fused-ring (bicyclic) bond motifs is 2. The van der Waals surface area contributed by atoms with Crippen molar-refractivity contribution >= 4 is 0 Å². The van der Waals surface area contributed by atoms with Crippen LogP contribution in [0.2, 0.25) is 0 Å². The predicted molar refractivity (Wildman–Crippen MR) is 69.8 cm³/mol. The molecule has 0 amide bonds. The zero-order valence-corrected chi connectivity index (χ0v) is 11.0. The lowest BCUT2D eigenvalue weighted by atomic mass is 9.70. The number of aliphatic hydroxyl groups excluding tert-OH is 1. The van der Waals surface area contributed by atoms with E-state index in [1.165, 1.54) is 18.4 Å². The lowest BCUT2D eigenvalue weighted by Crippen LogP contribution is -2.36. The molecule has 1 heteroatoms. The van der Waals surface area contributed by atoms with Crippen LogP contribution in [0.4, 0.5) is 0 Å². The Morgan fingerprint density at radius 2 is 1.76 bits per heavy atom. The zero-order chi connectivity index (χ0) is 12.3. The van der Waals surface area contributed by atoms with Crippen LogP contribution in [0.3, 0.4) is 0 Å². The quantitative estimate of drug-likeness (QED) is 0.781. The third-order valence-electron chi connectivity index (χ3n) is 5.98. The molecule has 0 aromatic heterocycles. The van der Waals surface area contributed by atoms with Crippen molar-refractivity contribution in [2.75, 3.05) is 0 Å². The van der Waals surface area contributed by atoms with E-state index in [1.54, 1.807) is 0 Å². The van der Waals surface area contributed by atoms with E-state index in [9.17, 15) is 5.11 Å². The highest BCUT2D eigenvalue weighted by molar-refractivity contribution is 5.30. The number of hydrogen-bond acceptors (Lipinski definition) is 1. The molecule has 1 nitrogen and oxygen atoms in total. The minimum atomic E-state index is -0.182. The van der Waals surface area contributed by atoms with E-state index in [2.05, 4.69) is 51.1 Å². The van der Waals surface area contributed by atoms with Crippen molar-refractivity contribution in [3.05, 3.63) is 35.9 Å². The molecule has 0 aliphatic heterocycles. The third-order valence-corrected chi connectivity index (χ3v) is 5.98. The van der Waals surface area contributed by atoms with Gasteiger partial charge in [0.1, 0.15) is 0 Å². The molecule has 1 aromatic rings. The molecule has 2 aliphatic rings. The van der Waals surface area contributed by atoms with E-state index in [4.69, 9.17) is 0 Å². The van der Waals surface area contributed by atoms with Crippen LogP contribution in [0.5, 0.6) is 0 Å². The van der Waals surface area contributed by atoms with Gasteiger partial charge < -0.3 is 5.11 Å². The second-order valence-corrected chi connectivity index (χ2v) is 6.67. The average molecular weight is 230 g/mol. The van der Waals surface area contributed by atoms with Gasteiger partial charge in [0, 0.05) is 5.92 Å². The summed E-state index contributed by atoms with van der Waals surface area (Å²) in [6, 6.07) is 10.6. The Balaban J connectivity index is 2.05. The van der Waals surface area contributed by atoms with Crippen molar-refractivity contribution in [3.8, 4) is 0 Å². The van der Waals surface area contributed by atoms with Crippen LogP contribution in [-0.2, 0) is 0 Å². The van der Waals surface area contributed by atoms with E-state index in [1.807, 2.05) is 0 Å². The Labute approximate surface area is 104 Å². The van der Waals surface area contributed by atoms with Crippen molar-refractivity contribution in [3.63, 3.8) is 0 Å². The molecule has 0 radical (unpaired) electrons. The molecule has 92 valence electrons. The molecule has 4 atom stereocenters. The van der Waals surface area contributed by atoms with Gasteiger partial charge in [-0.05, 0) is 35.2 Å². The Morgan fingerprint density at radius 1 is 1.12 bits per heavy atom. The van der Waals surface area contributed by atoms with Crippen LogP contribution in [0.15, 0.2) is 30.3 Å². The summed E-state index contributed by atoms with van der Waals surface area (Å²) in [4.78, 5) is 0. The van der Waals surface area contributed by atoms with Gasteiger partial charge in [-0.3, -0.25) is 0 Å². The van der Waals surface area contributed by atoms with Crippen molar-refractivity contribution in [1.29, 1.82) is 0 Å². The molecule has 0 heterocycles. The smallest absolute Gasteiger partial charge is 0.0670 e. The highest BCUT2D eigenvalue weighted by Gasteiger charge is 2.65. The lowest BCUT2D eigenvalue weighted by Gasteiger charge is -2.37. The van der Waals surface area contributed by atoms with Crippen LogP contribution in [0.25, 0.3) is 0 Å². The molecule has 1 N–H and O–H groups in total. The molecule has 0 saturated heterocycles. The maximum Gasteiger partial charge on any atom is 0.0670 e. The number of hydrogen-bond donors (Lipinski definition) is 1. The SMILES string of the molecule is CC1(C)[C@@H]2CC[C@]1(C)[C@@H](O)C2c1ccccc1. The molecule has 2 aliphatic carbocycles. The molecule has 2 fully saturated rings. The van der Waals surface area contributed by atoms with Crippen LogP contribution >= 0.6 is 0 Å². The van der Waals surface area contributed by atoms with Gasteiger partial charge in [-0.2, -0.15) is 0 Å². The van der Waals surface area contributed by atoms with Gasteiger partial charge in [-0.25, -0.2) is 0 Å². The van der Waals surface area contributed by atoms with E-state index in [-0.39, 0.29) is 16.9 Å². The van der Waals surface area contributed by atoms with Gasteiger partial charge in [0.25, 0.3) is 0 Å². The van der Waals surface area contributed by atoms with Gasteiger partial charge >= 0.3 is 0 Å². The summed E-state index contributed by atoms with van der Waals surface area (Å²) < 4.78 is 0. The first-order valence-electron chi connectivity index (χ1n) is 6.71. The number of rotatable bonds is 1. The van der Waals surface area contributed by atoms with Gasteiger partial charge in [0.15, 0.2) is 0 Å². The van der Waals surface area contributed by atoms with Crippen LogP contribution in [-0.4, -0.2) is 11.2 Å². The standard InChI is InChI=1S/C16H22O/c1-15(2)12-9-10-16(15,3)14(17)13(12)11-7-5-4-6-8-11/h4-8,12-14,17H,9-10H2,1-3H3/t12-,13?,14+,16-/m1/s1. The van der Waals surface area contributed by atoms with Crippen LogP contribution in [0, 0.1) is 16.7 Å². The van der Waals surface area contributed by atoms with E-state index in [0.717, 1.165) is 0 Å². The maximum absolute atomic E-state index is 10.7. The fourth-order valence-electron chi connectivity index (χ4n) is 4.43.